The molecule has 24 heavy (non-hydrogen) atoms. The van der Waals surface area contributed by atoms with Crippen LogP contribution in [0.15, 0.2) is 36.7 Å². The van der Waals surface area contributed by atoms with Crippen LogP contribution in [0.3, 0.4) is 0 Å². The summed E-state index contributed by atoms with van der Waals surface area (Å²) in [7, 11) is 0. The Kier molecular flexibility index (Phi) is 4.92. The molecule has 1 aromatic carbocycles. The number of β-amino-alcohol motifs (C(OH)–C–C–N with tert-alkyl or cyclic N) is 1. The minimum Gasteiger partial charge on any atom is -0.392 e. The number of hydrogen-bond acceptors (Lipinski definition) is 4. The molecule has 128 valence electrons. The zero-order valence-electron chi connectivity index (χ0n) is 13.6. The van der Waals surface area contributed by atoms with Crippen LogP contribution in [0.2, 0.25) is 0 Å². The van der Waals surface area contributed by atoms with Gasteiger partial charge in [0.2, 0.25) is 0 Å². The van der Waals surface area contributed by atoms with E-state index in [2.05, 4.69) is 10.00 Å². The molecule has 0 spiro atoms. The molecule has 1 fully saturated rings. The molecule has 7 heteroatoms. The number of para-hydroxylation sites is 1. The number of nitrogens with zero attached hydrogens (tertiary/aromatic N) is 4. The number of hydrogen-bond donors (Lipinski definition) is 1. The van der Waals surface area contributed by atoms with Gasteiger partial charge in [0.05, 0.1) is 17.9 Å². The summed E-state index contributed by atoms with van der Waals surface area (Å²) in [5, 5.41) is 13.5. The molecule has 0 unspecified atom stereocenters. The smallest absolute Gasteiger partial charge is 0.257 e. The minimum absolute atomic E-state index is 0.103. The molecular formula is C17H21FN4O2. The lowest BCUT2D eigenvalue weighted by molar-refractivity contribution is 0.0554. The van der Waals surface area contributed by atoms with E-state index in [9.17, 15) is 14.3 Å². The van der Waals surface area contributed by atoms with Crippen molar-refractivity contribution in [1.29, 1.82) is 0 Å². The lowest BCUT2D eigenvalue weighted by Crippen LogP contribution is -2.50. The lowest BCUT2D eigenvalue weighted by Gasteiger charge is -2.35. The number of piperazine rings is 1. The van der Waals surface area contributed by atoms with Gasteiger partial charge < -0.3 is 10.0 Å². The Labute approximate surface area is 140 Å². The van der Waals surface area contributed by atoms with Crippen molar-refractivity contribution in [1.82, 2.24) is 19.6 Å². The number of rotatable bonds is 4. The van der Waals surface area contributed by atoms with Crippen LogP contribution in [0, 0.1) is 5.82 Å². The SMILES string of the molecule is C[C@H](O)CN1CCN(C(=O)c2cnn(-c3ccccc3F)c2)CC1. The Morgan fingerprint density at radius 1 is 1.29 bits per heavy atom. The molecule has 1 atom stereocenters. The summed E-state index contributed by atoms with van der Waals surface area (Å²) in [6.45, 7) is 5.06. The van der Waals surface area contributed by atoms with Crippen molar-refractivity contribution >= 4 is 5.91 Å². The molecule has 2 heterocycles. The zero-order valence-corrected chi connectivity index (χ0v) is 13.6. The highest BCUT2D eigenvalue weighted by molar-refractivity contribution is 5.93. The number of halogens is 1. The van der Waals surface area contributed by atoms with Gasteiger partial charge in [0.25, 0.3) is 5.91 Å². The third-order valence-corrected chi connectivity index (χ3v) is 4.11. The summed E-state index contributed by atoms with van der Waals surface area (Å²) in [4.78, 5) is 16.5. The van der Waals surface area contributed by atoms with Gasteiger partial charge in [0.1, 0.15) is 11.5 Å². The van der Waals surface area contributed by atoms with Crippen LogP contribution in [-0.4, -0.2) is 69.4 Å². The number of aliphatic hydroxyl groups is 1. The molecule has 0 aliphatic carbocycles. The molecule has 1 aromatic heterocycles. The van der Waals surface area contributed by atoms with Gasteiger partial charge >= 0.3 is 0 Å². The van der Waals surface area contributed by atoms with Crippen molar-refractivity contribution in [2.75, 3.05) is 32.7 Å². The predicted molar refractivity (Wildman–Crippen MR) is 87.5 cm³/mol. The van der Waals surface area contributed by atoms with E-state index in [-0.39, 0.29) is 17.8 Å². The van der Waals surface area contributed by atoms with Gasteiger partial charge in [-0.25, -0.2) is 9.07 Å². The average Bonchev–Trinajstić information content (AvgIpc) is 3.04. The summed E-state index contributed by atoms with van der Waals surface area (Å²) in [6, 6.07) is 6.31. The van der Waals surface area contributed by atoms with E-state index in [0.29, 0.717) is 30.9 Å². The zero-order chi connectivity index (χ0) is 17.1. The van der Waals surface area contributed by atoms with Crippen LogP contribution in [0.5, 0.6) is 0 Å². The molecule has 1 amide bonds. The standard InChI is InChI=1S/C17H21FN4O2/c1-13(23)11-20-6-8-21(9-7-20)17(24)14-10-19-22(12-14)16-5-3-2-4-15(16)18/h2-5,10,12-13,23H,6-9,11H2,1H3/t13-/m0/s1. The maximum Gasteiger partial charge on any atom is 0.257 e. The minimum atomic E-state index is -0.383. The van der Waals surface area contributed by atoms with Gasteiger partial charge in [-0.2, -0.15) is 5.10 Å². The second-order valence-electron chi connectivity index (χ2n) is 6.07. The molecule has 0 radical (unpaired) electrons. The monoisotopic (exact) mass is 332 g/mol. The van der Waals surface area contributed by atoms with Gasteiger partial charge in [-0.1, -0.05) is 12.1 Å². The van der Waals surface area contributed by atoms with Crippen molar-refractivity contribution in [3.63, 3.8) is 0 Å². The first-order valence-electron chi connectivity index (χ1n) is 8.04. The van der Waals surface area contributed by atoms with Crippen molar-refractivity contribution in [2.45, 2.75) is 13.0 Å². The number of aromatic nitrogens is 2. The number of amides is 1. The normalized spacial score (nSPS) is 17.0. The van der Waals surface area contributed by atoms with Crippen molar-refractivity contribution in [3.05, 3.63) is 48.0 Å². The fraction of sp³-hybridized carbons (Fsp3) is 0.412. The number of benzene rings is 1. The average molecular weight is 332 g/mol. The summed E-state index contributed by atoms with van der Waals surface area (Å²) in [5.41, 5.74) is 0.764. The summed E-state index contributed by atoms with van der Waals surface area (Å²) >= 11 is 0. The number of carbonyl (C=O) groups is 1. The van der Waals surface area contributed by atoms with E-state index in [1.165, 1.54) is 16.9 Å². The molecule has 1 aliphatic rings. The predicted octanol–water partition coefficient (Wildman–Crippen LogP) is 1.15. The molecule has 1 aliphatic heterocycles. The molecule has 0 saturated carbocycles. The van der Waals surface area contributed by atoms with Crippen LogP contribution in [0.25, 0.3) is 5.69 Å². The molecule has 1 N–H and O–H groups in total. The van der Waals surface area contributed by atoms with E-state index < -0.39 is 0 Å². The number of aliphatic hydroxyl groups excluding tert-OH is 1. The summed E-state index contributed by atoms with van der Waals surface area (Å²) in [6.07, 6.45) is 2.66. The van der Waals surface area contributed by atoms with Crippen molar-refractivity contribution in [3.8, 4) is 5.69 Å². The molecule has 3 rings (SSSR count). The highest BCUT2D eigenvalue weighted by atomic mass is 19.1. The van der Waals surface area contributed by atoms with Crippen LogP contribution in [-0.2, 0) is 0 Å². The molecule has 6 nitrogen and oxygen atoms in total. The topological polar surface area (TPSA) is 61.6 Å². The van der Waals surface area contributed by atoms with E-state index in [1.807, 2.05) is 0 Å². The van der Waals surface area contributed by atoms with Crippen LogP contribution in [0.1, 0.15) is 17.3 Å². The van der Waals surface area contributed by atoms with Crippen molar-refractivity contribution < 1.29 is 14.3 Å². The van der Waals surface area contributed by atoms with Gasteiger partial charge in [0, 0.05) is 38.9 Å². The molecule has 2 aromatic rings. The fourth-order valence-corrected chi connectivity index (χ4v) is 2.89. The Bertz CT molecular complexity index is 708. The number of carbonyl (C=O) groups excluding carboxylic acids is 1. The summed E-state index contributed by atoms with van der Waals surface area (Å²) < 4.78 is 15.2. The Balaban J connectivity index is 1.66. The first kappa shape index (κ1) is 16.6. The highest BCUT2D eigenvalue weighted by Gasteiger charge is 2.23. The second kappa shape index (κ2) is 7.11. The Morgan fingerprint density at radius 2 is 2.00 bits per heavy atom. The summed E-state index contributed by atoms with van der Waals surface area (Å²) in [5.74, 6) is -0.486. The van der Waals surface area contributed by atoms with Gasteiger partial charge in [-0.05, 0) is 19.1 Å². The van der Waals surface area contributed by atoms with Crippen LogP contribution in [0.4, 0.5) is 4.39 Å². The first-order valence-corrected chi connectivity index (χ1v) is 8.04. The third-order valence-electron chi connectivity index (χ3n) is 4.11. The van der Waals surface area contributed by atoms with Gasteiger partial charge in [0.15, 0.2) is 0 Å². The van der Waals surface area contributed by atoms with Gasteiger partial charge in [-0.3, -0.25) is 9.69 Å². The fourth-order valence-electron chi connectivity index (χ4n) is 2.89. The van der Waals surface area contributed by atoms with E-state index in [4.69, 9.17) is 0 Å². The second-order valence-corrected chi connectivity index (χ2v) is 6.07. The van der Waals surface area contributed by atoms with Gasteiger partial charge in [-0.15, -0.1) is 0 Å². The quantitative estimate of drug-likeness (QED) is 0.912. The van der Waals surface area contributed by atoms with Crippen LogP contribution >= 0.6 is 0 Å². The first-order chi connectivity index (χ1) is 11.5. The molecule has 0 bridgehead atoms. The largest absolute Gasteiger partial charge is 0.392 e. The molecule has 1 saturated heterocycles. The Hall–Kier alpha value is -2.25. The van der Waals surface area contributed by atoms with E-state index >= 15 is 0 Å². The maximum absolute atomic E-state index is 13.8. The van der Waals surface area contributed by atoms with Crippen molar-refractivity contribution in [2.24, 2.45) is 0 Å². The van der Waals surface area contributed by atoms with Crippen LogP contribution < -0.4 is 0 Å². The highest BCUT2D eigenvalue weighted by Crippen LogP contribution is 2.14. The maximum atomic E-state index is 13.8. The molecular weight excluding hydrogens is 311 g/mol. The Morgan fingerprint density at radius 3 is 2.67 bits per heavy atom. The third kappa shape index (κ3) is 3.63. The lowest BCUT2D eigenvalue weighted by atomic mass is 10.2. The van der Waals surface area contributed by atoms with E-state index in [0.717, 1.165) is 13.1 Å². The van der Waals surface area contributed by atoms with E-state index in [1.54, 1.807) is 36.2 Å².